The Morgan fingerprint density at radius 1 is 1.24 bits per heavy atom. The maximum atomic E-state index is 5.99. The molecule has 1 spiro atoms. The number of aromatic nitrogens is 1. The lowest BCUT2D eigenvalue weighted by Gasteiger charge is -2.25. The summed E-state index contributed by atoms with van der Waals surface area (Å²) < 4.78 is 11.7. The highest BCUT2D eigenvalue weighted by Gasteiger charge is 2.42. The van der Waals surface area contributed by atoms with Gasteiger partial charge in [0.25, 0.3) is 0 Å². The van der Waals surface area contributed by atoms with Crippen molar-refractivity contribution in [3.8, 4) is 5.88 Å². The molecule has 0 radical (unpaired) electrons. The minimum atomic E-state index is 0.314. The Bertz CT molecular complexity index is 819. The molecule has 1 N–H and O–H groups in total. The third-order valence-electron chi connectivity index (χ3n) is 5.73. The lowest BCUT2D eigenvalue weighted by atomic mass is 9.87. The Balaban J connectivity index is 1.43. The quantitative estimate of drug-likeness (QED) is 0.602. The third-order valence-corrected chi connectivity index (χ3v) is 5.73. The van der Waals surface area contributed by atoms with Crippen LogP contribution >= 0.6 is 0 Å². The summed E-state index contributed by atoms with van der Waals surface area (Å²) in [4.78, 5) is 11.7. The van der Waals surface area contributed by atoms with Crippen LogP contribution in [0.25, 0.3) is 0 Å². The van der Waals surface area contributed by atoms with Gasteiger partial charge in [0, 0.05) is 43.4 Å². The second-order valence-electron chi connectivity index (χ2n) is 7.89. The van der Waals surface area contributed by atoms with Crippen molar-refractivity contribution >= 4 is 5.96 Å². The maximum absolute atomic E-state index is 5.99. The van der Waals surface area contributed by atoms with Crippen LogP contribution in [-0.2, 0) is 17.9 Å². The maximum Gasteiger partial charge on any atom is 0.218 e. The number of rotatable bonds is 6. The molecule has 154 valence electrons. The molecule has 2 aromatic rings. The van der Waals surface area contributed by atoms with Gasteiger partial charge in [0.15, 0.2) is 5.96 Å². The van der Waals surface area contributed by atoms with E-state index >= 15 is 0 Å². The first-order chi connectivity index (χ1) is 14.3. The molecule has 1 aromatic carbocycles. The summed E-state index contributed by atoms with van der Waals surface area (Å²) in [5.41, 5.74) is 2.44. The molecule has 0 aliphatic carbocycles. The van der Waals surface area contributed by atoms with Gasteiger partial charge in [0.1, 0.15) is 6.61 Å². The highest BCUT2D eigenvalue weighted by atomic mass is 16.5. The van der Waals surface area contributed by atoms with Crippen LogP contribution in [0.4, 0.5) is 0 Å². The van der Waals surface area contributed by atoms with Gasteiger partial charge in [-0.15, -0.1) is 0 Å². The number of benzene rings is 1. The van der Waals surface area contributed by atoms with Gasteiger partial charge >= 0.3 is 0 Å². The van der Waals surface area contributed by atoms with Gasteiger partial charge in [-0.25, -0.2) is 9.98 Å². The van der Waals surface area contributed by atoms with Crippen molar-refractivity contribution in [3.63, 3.8) is 0 Å². The summed E-state index contributed by atoms with van der Waals surface area (Å²) in [6, 6.07) is 14.1. The first-order valence-electron chi connectivity index (χ1n) is 10.5. The second-order valence-corrected chi connectivity index (χ2v) is 7.89. The Hall–Kier alpha value is -2.60. The number of hydrogen-bond donors (Lipinski definition) is 1. The van der Waals surface area contributed by atoms with E-state index in [0.29, 0.717) is 24.4 Å². The van der Waals surface area contributed by atoms with Crippen molar-refractivity contribution in [2.24, 2.45) is 10.4 Å². The van der Waals surface area contributed by atoms with Crippen molar-refractivity contribution in [2.45, 2.75) is 32.9 Å². The predicted octanol–water partition coefficient (Wildman–Crippen LogP) is 3.24. The molecule has 0 amide bonds. The summed E-state index contributed by atoms with van der Waals surface area (Å²) >= 11 is 0. The van der Waals surface area contributed by atoms with E-state index in [2.05, 4.69) is 34.3 Å². The largest absolute Gasteiger partial charge is 0.473 e. The molecule has 0 bridgehead atoms. The third kappa shape index (κ3) is 4.88. The fourth-order valence-electron chi connectivity index (χ4n) is 4.07. The van der Waals surface area contributed by atoms with Crippen LogP contribution in [0.15, 0.2) is 53.7 Å². The second kappa shape index (κ2) is 9.27. The van der Waals surface area contributed by atoms with E-state index in [1.807, 2.05) is 30.3 Å². The van der Waals surface area contributed by atoms with Crippen LogP contribution in [-0.4, -0.2) is 48.7 Å². The van der Waals surface area contributed by atoms with Crippen LogP contribution in [0.2, 0.25) is 0 Å². The van der Waals surface area contributed by atoms with Crippen LogP contribution in [0.1, 0.15) is 30.9 Å². The molecule has 0 saturated carbocycles. The molecule has 1 atom stereocenters. The van der Waals surface area contributed by atoms with E-state index in [4.69, 9.17) is 14.5 Å². The lowest BCUT2D eigenvalue weighted by molar-refractivity contribution is 0.156. The Morgan fingerprint density at radius 3 is 2.93 bits per heavy atom. The SMILES string of the molecule is CCNC(=NCc1cccnc1OCc1ccccc1)N1CCC2(CCOC2)C1. The van der Waals surface area contributed by atoms with Gasteiger partial charge in [-0.1, -0.05) is 36.4 Å². The molecule has 1 aromatic heterocycles. The lowest BCUT2D eigenvalue weighted by Crippen LogP contribution is -2.41. The molecule has 2 saturated heterocycles. The highest BCUT2D eigenvalue weighted by molar-refractivity contribution is 5.80. The first-order valence-corrected chi connectivity index (χ1v) is 10.5. The molecule has 4 rings (SSSR count). The van der Waals surface area contributed by atoms with Crippen LogP contribution in [0.3, 0.4) is 0 Å². The minimum absolute atomic E-state index is 0.314. The number of ether oxygens (including phenoxy) is 2. The van der Waals surface area contributed by atoms with Crippen molar-refractivity contribution < 1.29 is 9.47 Å². The van der Waals surface area contributed by atoms with E-state index in [1.165, 1.54) is 6.42 Å². The number of pyridine rings is 1. The van der Waals surface area contributed by atoms with Crippen LogP contribution in [0, 0.1) is 5.41 Å². The standard InChI is InChI=1S/C23H30N4O2/c1-2-24-22(27-13-10-23(17-27)11-14-28-18-23)26-15-20-9-6-12-25-21(20)29-16-19-7-4-3-5-8-19/h3-9,12H,2,10-11,13-18H2,1H3,(H,24,26). The molecule has 2 aliphatic heterocycles. The Kier molecular flexibility index (Phi) is 6.30. The summed E-state index contributed by atoms with van der Waals surface area (Å²) in [6.07, 6.45) is 4.10. The molecule has 29 heavy (non-hydrogen) atoms. The summed E-state index contributed by atoms with van der Waals surface area (Å²) in [5, 5.41) is 3.45. The molecular weight excluding hydrogens is 364 g/mol. The summed E-state index contributed by atoms with van der Waals surface area (Å²) in [6.45, 7) is 7.82. The summed E-state index contributed by atoms with van der Waals surface area (Å²) in [5.74, 6) is 1.62. The molecule has 6 heteroatoms. The highest BCUT2D eigenvalue weighted by Crippen LogP contribution is 2.38. The number of likely N-dealkylation sites (tertiary alicyclic amines) is 1. The molecule has 2 aliphatic rings. The monoisotopic (exact) mass is 394 g/mol. The molecule has 3 heterocycles. The fraction of sp³-hybridized carbons (Fsp3) is 0.478. The fourth-order valence-corrected chi connectivity index (χ4v) is 4.07. The smallest absolute Gasteiger partial charge is 0.218 e. The van der Waals surface area contributed by atoms with Gasteiger partial charge in [-0.3, -0.25) is 0 Å². The zero-order valence-corrected chi connectivity index (χ0v) is 17.1. The Morgan fingerprint density at radius 2 is 2.14 bits per heavy atom. The van der Waals surface area contributed by atoms with E-state index in [9.17, 15) is 0 Å². The Labute approximate surface area is 173 Å². The van der Waals surface area contributed by atoms with Crippen molar-refractivity contribution in [1.29, 1.82) is 0 Å². The van der Waals surface area contributed by atoms with E-state index in [1.54, 1.807) is 6.20 Å². The number of aliphatic imine (C=N–C) groups is 1. The normalized spacial score (nSPS) is 21.7. The van der Waals surface area contributed by atoms with E-state index in [0.717, 1.165) is 56.4 Å². The topological polar surface area (TPSA) is 59.0 Å². The van der Waals surface area contributed by atoms with Gasteiger partial charge in [0.05, 0.1) is 13.2 Å². The van der Waals surface area contributed by atoms with Crippen LogP contribution in [0.5, 0.6) is 5.88 Å². The van der Waals surface area contributed by atoms with Crippen molar-refractivity contribution in [3.05, 3.63) is 59.8 Å². The minimum Gasteiger partial charge on any atom is -0.473 e. The van der Waals surface area contributed by atoms with E-state index < -0.39 is 0 Å². The molecule has 2 fully saturated rings. The number of nitrogens with one attached hydrogen (secondary N) is 1. The summed E-state index contributed by atoms with van der Waals surface area (Å²) in [7, 11) is 0. The van der Waals surface area contributed by atoms with E-state index in [-0.39, 0.29) is 0 Å². The van der Waals surface area contributed by atoms with Crippen LogP contribution < -0.4 is 10.1 Å². The molecule has 1 unspecified atom stereocenters. The molecule has 6 nitrogen and oxygen atoms in total. The first kappa shape index (κ1) is 19.7. The zero-order chi connectivity index (χ0) is 19.9. The molecular formula is C23H30N4O2. The average molecular weight is 395 g/mol. The average Bonchev–Trinajstić information content (AvgIpc) is 3.41. The number of hydrogen-bond acceptors (Lipinski definition) is 4. The van der Waals surface area contributed by atoms with Gasteiger partial charge in [0.2, 0.25) is 5.88 Å². The van der Waals surface area contributed by atoms with Crippen molar-refractivity contribution in [1.82, 2.24) is 15.2 Å². The zero-order valence-electron chi connectivity index (χ0n) is 17.1. The van der Waals surface area contributed by atoms with Gasteiger partial charge in [-0.05, 0) is 31.4 Å². The predicted molar refractivity (Wildman–Crippen MR) is 114 cm³/mol. The number of nitrogens with zero attached hydrogens (tertiary/aromatic N) is 3. The van der Waals surface area contributed by atoms with Gasteiger partial charge in [-0.2, -0.15) is 0 Å². The van der Waals surface area contributed by atoms with Crippen molar-refractivity contribution in [2.75, 3.05) is 32.8 Å². The number of guanidine groups is 1. The van der Waals surface area contributed by atoms with Gasteiger partial charge < -0.3 is 19.7 Å².